The maximum atomic E-state index is 12.5. The van der Waals surface area contributed by atoms with Crippen molar-refractivity contribution in [2.24, 2.45) is 5.92 Å². The number of hydrogen-bond acceptors (Lipinski definition) is 3. The normalized spacial score (nSPS) is 14.6. The molecule has 1 saturated heterocycles. The second-order valence-corrected chi connectivity index (χ2v) is 7.66. The molecule has 5 nitrogen and oxygen atoms in total. The summed E-state index contributed by atoms with van der Waals surface area (Å²) in [4.78, 5) is 22.4. The molecule has 0 radical (unpaired) electrons. The predicted octanol–water partition coefficient (Wildman–Crippen LogP) is 3.77. The lowest BCUT2D eigenvalue weighted by Crippen LogP contribution is -2.49. The number of likely N-dealkylation sites (tertiary alicyclic amines) is 1. The fraction of sp³-hybridized carbons (Fsp3) is 0.364. The van der Waals surface area contributed by atoms with Gasteiger partial charge in [0, 0.05) is 13.1 Å². The quantitative estimate of drug-likeness (QED) is 0.725. The van der Waals surface area contributed by atoms with Gasteiger partial charge in [-0.1, -0.05) is 38.1 Å². The van der Waals surface area contributed by atoms with Crippen molar-refractivity contribution in [2.75, 3.05) is 19.7 Å². The van der Waals surface area contributed by atoms with Crippen LogP contribution in [-0.2, 0) is 11.2 Å². The zero-order valence-electron chi connectivity index (χ0n) is 15.8. The van der Waals surface area contributed by atoms with Crippen LogP contribution in [0.4, 0.5) is 0 Å². The Bertz CT molecular complexity index is 891. The summed E-state index contributed by atoms with van der Waals surface area (Å²) >= 11 is 0. The van der Waals surface area contributed by atoms with E-state index in [9.17, 15) is 4.79 Å². The van der Waals surface area contributed by atoms with E-state index in [1.165, 1.54) is 0 Å². The Morgan fingerprint density at radius 1 is 1.19 bits per heavy atom. The van der Waals surface area contributed by atoms with Gasteiger partial charge in [0.2, 0.25) is 5.91 Å². The number of carbonyl (C=O) groups excluding carboxylic acids is 1. The number of amides is 1. The van der Waals surface area contributed by atoms with E-state index in [4.69, 9.17) is 4.74 Å². The summed E-state index contributed by atoms with van der Waals surface area (Å²) in [7, 11) is 0. The molecule has 1 aromatic heterocycles. The molecule has 2 heterocycles. The monoisotopic (exact) mass is 363 g/mol. The molecule has 1 aliphatic heterocycles. The Morgan fingerprint density at radius 2 is 1.93 bits per heavy atom. The van der Waals surface area contributed by atoms with Crippen LogP contribution in [0.5, 0.6) is 5.75 Å². The molecule has 0 aliphatic carbocycles. The molecule has 0 bridgehead atoms. The van der Waals surface area contributed by atoms with Crippen LogP contribution in [0.2, 0.25) is 0 Å². The van der Waals surface area contributed by atoms with E-state index in [0.29, 0.717) is 24.9 Å². The maximum absolute atomic E-state index is 12.5. The molecular formula is C22H25N3O2. The Morgan fingerprint density at radius 3 is 2.63 bits per heavy atom. The minimum Gasteiger partial charge on any atom is -0.493 e. The van der Waals surface area contributed by atoms with Crippen molar-refractivity contribution in [3.05, 3.63) is 59.9 Å². The van der Waals surface area contributed by atoms with Crippen LogP contribution in [-0.4, -0.2) is 40.5 Å². The lowest BCUT2D eigenvalue weighted by atomic mass is 9.98. The van der Waals surface area contributed by atoms with Gasteiger partial charge in [0.25, 0.3) is 0 Å². The molecule has 2 aromatic carbocycles. The van der Waals surface area contributed by atoms with Crippen LogP contribution in [0.15, 0.2) is 48.5 Å². The van der Waals surface area contributed by atoms with Crippen LogP contribution < -0.4 is 4.74 Å². The fourth-order valence-electron chi connectivity index (χ4n) is 3.27. The number of H-pyrrole nitrogens is 1. The van der Waals surface area contributed by atoms with Crippen molar-refractivity contribution in [1.29, 1.82) is 0 Å². The zero-order valence-corrected chi connectivity index (χ0v) is 15.8. The van der Waals surface area contributed by atoms with E-state index in [-0.39, 0.29) is 5.91 Å². The van der Waals surface area contributed by atoms with Gasteiger partial charge in [0.05, 0.1) is 30.0 Å². The smallest absolute Gasteiger partial charge is 0.227 e. The zero-order chi connectivity index (χ0) is 18.8. The van der Waals surface area contributed by atoms with Crippen LogP contribution in [0.25, 0.3) is 11.0 Å². The first-order chi connectivity index (χ1) is 13.1. The molecule has 3 aromatic rings. The number of carbonyl (C=O) groups is 1. The summed E-state index contributed by atoms with van der Waals surface area (Å²) in [6, 6.07) is 15.9. The van der Waals surface area contributed by atoms with Gasteiger partial charge in [-0.05, 0) is 35.7 Å². The van der Waals surface area contributed by atoms with Gasteiger partial charge < -0.3 is 14.6 Å². The minimum absolute atomic E-state index is 0.165. The van der Waals surface area contributed by atoms with E-state index in [2.05, 4.69) is 23.8 Å². The summed E-state index contributed by atoms with van der Waals surface area (Å²) in [6.07, 6.45) is 0.428. The van der Waals surface area contributed by atoms with E-state index in [0.717, 1.165) is 41.3 Å². The molecule has 0 saturated carbocycles. The van der Waals surface area contributed by atoms with E-state index in [1.54, 1.807) is 0 Å². The van der Waals surface area contributed by atoms with Crippen molar-refractivity contribution in [2.45, 2.75) is 26.2 Å². The Labute approximate surface area is 159 Å². The minimum atomic E-state index is 0.165. The number of imidazole rings is 1. The first-order valence-electron chi connectivity index (χ1n) is 9.52. The average molecular weight is 363 g/mol. The molecular weight excluding hydrogens is 338 g/mol. The van der Waals surface area contributed by atoms with E-state index in [1.807, 2.05) is 53.4 Å². The first-order valence-corrected chi connectivity index (χ1v) is 9.52. The third-order valence-electron chi connectivity index (χ3n) is 4.89. The van der Waals surface area contributed by atoms with Crippen molar-refractivity contribution < 1.29 is 9.53 Å². The molecule has 140 valence electrons. The van der Waals surface area contributed by atoms with Gasteiger partial charge in [0.15, 0.2) is 0 Å². The van der Waals surface area contributed by atoms with Crippen LogP contribution >= 0.6 is 0 Å². The number of hydrogen-bond donors (Lipinski definition) is 1. The van der Waals surface area contributed by atoms with Crippen LogP contribution in [0.1, 0.15) is 31.2 Å². The average Bonchev–Trinajstić information content (AvgIpc) is 3.03. The number of nitrogens with zero attached hydrogens (tertiary/aromatic N) is 2. The molecule has 4 rings (SSSR count). The number of fused-ring (bicyclic) bond motifs is 1. The summed E-state index contributed by atoms with van der Waals surface area (Å²) in [5.74, 6) is 2.80. The molecule has 0 unspecified atom stereocenters. The summed E-state index contributed by atoms with van der Waals surface area (Å²) < 4.78 is 5.69. The lowest BCUT2D eigenvalue weighted by Gasteiger charge is -2.38. The molecule has 1 fully saturated rings. The van der Waals surface area contributed by atoms with Crippen molar-refractivity contribution in [3.8, 4) is 5.75 Å². The molecule has 1 N–H and O–H groups in total. The topological polar surface area (TPSA) is 58.2 Å². The Kier molecular flexibility index (Phi) is 4.84. The Hall–Kier alpha value is -2.82. The van der Waals surface area contributed by atoms with Crippen LogP contribution in [0, 0.1) is 5.92 Å². The highest BCUT2D eigenvalue weighted by Gasteiger charge is 2.33. The third-order valence-corrected chi connectivity index (χ3v) is 4.89. The van der Waals surface area contributed by atoms with E-state index >= 15 is 0 Å². The molecule has 0 spiro atoms. The van der Waals surface area contributed by atoms with Gasteiger partial charge in [0.1, 0.15) is 11.6 Å². The molecule has 5 heteroatoms. The summed E-state index contributed by atoms with van der Waals surface area (Å²) in [5, 5.41) is 0. The number of rotatable bonds is 6. The summed E-state index contributed by atoms with van der Waals surface area (Å²) in [5.41, 5.74) is 3.05. The number of benzene rings is 2. The lowest BCUT2D eigenvalue weighted by molar-refractivity contribution is -0.134. The van der Waals surface area contributed by atoms with Crippen molar-refractivity contribution in [1.82, 2.24) is 14.9 Å². The predicted molar refractivity (Wildman–Crippen MR) is 106 cm³/mol. The highest BCUT2D eigenvalue weighted by Crippen LogP contribution is 2.27. The van der Waals surface area contributed by atoms with Gasteiger partial charge in [-0.15, -0.1) is 0 Å². The second kappa shape index (κ2) is 7.43. The van der Waals surface area contributed by atoms with Gasteiger partial charge >= 0.3 is 0 Å². The van der Waals surface area contributed by atoms with Gasteiger partial charge in [-0.3, -0.25) is 4.79 Å². The summed E-state index contributed by atoms with van der Waals surface area (Å²) in [6.45, 7) is 6.41. The SMILES string of the molecule is CC(C)COc1ccc(CC(=O)N2CC(c3nc4ccccc4[nH]3)C2)cc1. The molecule has 1 aliphatic rings. The van der Waals surface area contributed by atoms with Crippen molar-refractivity contribution >= 4 is 16.9 Å². The van der Waals surface area contributed by atoms with E-state index < -0.39 is 0 Å². The largest absolute Gasteiger partial charge is 0.493 e. The van der Waals surface area contributed by atoms with Gasteiger partial charge in [-0.25, -0.2) is 4.98 Å². The molecule has 27 heavy (non-hydrogen) atoms. The number of aromatic nitrogens is 2. The standard InChI is InChI=1S/C22H25N3O2/c1-15(2)14-27-18-9-7-16(8-10-18)11-21(26)25-12-17(13-25)22-23-19-5-3-4-6-20(19)24-22/h3-10,15,17H,11-14H2,1-2H3,(H,23,24). The fourth-order valence-corrected chi connectivity index (χ4v) is 3.27. The van der Waals surface area contributed by atoms with Crippen LogP contribution in [0.3, 0.4) is 0 Å². The maximum Gasteiger partial charge on any atom is 0.227 e. The number of ether oxygens (including phenoxy) is 1. The Balaban J connectivity index is 1.30. The molecule has 1 amide bonds. The second-order valence-electron chi connectivity index (χ2n) is 7.66. The highest BCUT2D eigenvalue weighted by atomic mass is 16.5. The highest BCUT2D eigenvalue weighted by molar-refractivity contribution is 5.80. The number of para-hydroxylation sites is 2. The number of nitrogens with one attached hydrogen (secondary N) is 1. The number of aromatic amines is 1. The molecule has 0 atom stereocenters. The van der Waals surface area contributed by atoms with Crippen molar-refractivity contribution in [3.63, 3.8) is 0 Å². The first kappa shape index (κ1) is 17.6. The van der Waals surface area contributed by atoms with Gasteiger partial charge in [-0.2, -0.15) is 0 Å². The third kappa shape index (κ3) is 3.97.